The van der Waals surface area contributed by atoms with Crippen LogP contribution in [0.2, 0.25) is 0 Å². The molecule has 3 heterocycles. The summed E-state index contributed by atoms with van der Waals surface area (Å²) in [5.74, 6) is 0.639. The second-order valence-corrected chi connectivity index (χ2v) is 8.38. The average molecular weight is 453 g/mol. The highest BCUT2D eigenvalue weighted by atomic mass is 32.2. The van der Waals surface area contributed by atoms with Gasteiger partial charge in [0.15, 0.2) is 5.75 Å². The number of carbonyl (C=O) groups is 1. The molecule has 3 aromatic rings. The summed E-state index contributed by atoms with van der Waals surface area (Å²) >= 11 is 2.94. The van der Waals surface area contributed by atoms with Gasteiger partial charge in [-0.3, -0.25) is 4.79 Å². The molecule has 0 saturated heterocycles. The number of alkyl halides is 3. The Morgan fingerprint density at radius 1 is 1.20 bits per heavy atom. The number of thioether (sulfide) groups is 1. The van der Waals surface area contributed by atoms with Crippen molar-refractivity contribution in [1.82, 2.24) is 4.57 Å². The number of rotatable bonds is 2. The number of halogens is 3. The van der Waals surface area contributed by atoms with Crippen LogP contribution in [0.25, 0.3) is 21.7 Å². The van der Waals surface area contributed by atoms with Gasteiger partial charge in [0.1, 0.15) is 5.69 Å². The van der Waals surface area contributed by atoms with E-state index < -0.39 is 23.5 Å². The number of aromatic nitrogens is 1. The lowest BCUT2D eigenvalue weighted by atomic mass is 10.0. The van der Waals surface area contributed by atoms with Crippen molar-refractivity contribution in [2.45, 2.75) is 17.6 Å². The Labute approximate surface area is 177 Å². The second-order valence-electron chi connectivity index (χ2n) is 6.32. The molecule has 5 nitrogen and oxygen atoms in total. The zero-order valence-electron chi connectivity index (χ0n) is 15.5. The van der Waals surface area contributed by atoms with Crippen LogP contribution in [0.4, 0.5) is 18.0 Å². The number of benzene rings is 1. The average Bonchev–Trinajstić information content (AvgIpc) is 3.09. The van der Waals surface area contributed by atoms with E-state index in [0.717, 1.165) is 29.0 Å². The normalized spacial score (nSPS) is 13.2. The number of ether oxygens (including phenoxy) is 2. The van der Waals surface area contributed by atoms with Gasteiger partial charge in [0.2, 0.25) is 0 Å². The zero-order valence-corrected chi connectivity index (χ0v) is 17.1. The molecule has 0 saturated carbocycles. The molecule has 156 valence electrons. The van der Waals surface area contributed by atoms with E-state index >= 15 is 0 Å². The van der Waals surface area contributed by atoms with E-state index in [4.69, 9.17) is 4.74 Å². The minimum absolute atomic E-state index is 0.00811. The smallest absolute Gasteiger partial charge is 0.437 e. The second kappa shape index (κ2) is 7.84. The van der Waals surface area contributed by atoms with E-state index in [9.17, 15) is 22.8 Å². The van der Waals surface area contributed by atoms with Gasteiger partial charge in [-0.05, 0) is 35.2 Å². The molecule has 1 aliphatic rings. The first-order chi connectivity index (χ1) is 14.3. The predicted octanol–water partition coefficient (Wildman–Crippen LogP) is 5.51. The number of hydrogen-bond acceptors (Lipinski definition) is 6. The van der Waals surface area contributed by atoms with Crippen LogP contribution in [0, 0.1) is 0 Å². The van der Waals surface area contributed by atoms with Crippen molar-refractivity contribution in [3.63, 3.8) is 0 Å². The molecule has 0 bridgehead atoms. The molecule has 30 heavy (non-hydrogen) atoms. The summed E-state index contributed by atoms with van der Waals surface area (Å²) in [6.07, 6.45) is -5.53. The fraction of sp³-hybridized carbons (Fsp3) is 0.200. The van der Waals surface area contributed by atoms with Crippen LogP contribution in [-0.4, -0.2) is 23.6 Å². The van der Waals surface area contributed by atoms with Crippen LogP contribution in [0.15, 0.2) is 51.5 Å². The summed E-state index contributed by atoms with van der Waals surface area (Å²) in [4.78, 5) is 26.8. The standard InChI is InChI=1S/C20H14F3NO4S2/c1-27-19(26)28-14-10-13(11-3-2-4-12(9-11)20(21,22)23)18(25)24-6-8-29-15-5-7-30-17(15)16(14)24/h2-5,7,9-10H,6,8H2,1H3. The summed E-state index contributed by atoms with van der Waals surface area (Å²) in [5, 5.41) is 1.86. The van der Waals surface area contributed by atoms with Gasteiger partial charge in [0, 0.05) is 17.2 Å². The van der Waals surface area contributed by atoms with E-state index in [1.54, 1.807) is 11.8 Å². The maximum atomic E-state index is 13.3. The predicted molar refractivity (Wildman–Crippen MR) is 108 cm³/mol. The van der Waals surface area contributed by atoms with Gasteiger partial charge in [-0.15, -0.1) is 23.1 Å². The van der Waals surface area contributed by atoms with E-state index in [1.165, 1.54) is 34.1 Å². The minimum Gasteiger partial charge on any atom is -0.437 e. The van der Waals surface area contributed by atoms with Gasteiger partial charge in [0.05, 0.1) is 23.1 Å². The Kier molecular flexibility index (Phi) is 5.37. The van der Waals surface area contributed by atoms with Crippen LogP contribution in [0.1, 0.15) is 5.56 Å². The number of thiophene rings is 1. The number of pyridine rings is 1. The fourth-order valence-corrected chi connectivity index (χ4v) is 5.34. The Bertz CT molecular complexity index is 1180. The minimum atomic E-state index is -4.55. The largest absolute Gasteiger partial charge is 0.513 e. The summed E-state index contributed by atoms with van der Waals surface area (Å²) in [7, 11) is 1.15. The Morgan fingerprint density at radius 3 is 2.73 bits per heavy atom. The summed E-state index contributed by atoms with van der Waals surface area (Å²) < 4.78 is 50.8. The first kappa shape index (κ1) is 20.5. The van der Waals surface area contributed by atoms with Crippen molar-refractivity contribution in [2.75, 3.05) is 12.9 Å². The van der Waals surface area contributed by atoms with Gasteiger partial charge < -0.3 is 14.0 Å². The highest BCUT2D eigenvalue weighted by molar-refractivity contribution is 7.99. The molecule has 2 aromatic heterocycles. The number of nitrogens with zero attached hydrogens (tertiary/aromatic N) is 1. The van der Waals surface area contributed by atoms with Crippen LogP contribution in [0.3, 0.4) is 0 Å². The van der Waals surface area contributed by atoms with Crippen molar-refractivity contribution >= 4 is 29.3 Å². The third-order valence-corrected chi connectivity index (χ3v) is 6.62. The molecule has 10 heteroatoms. The van der Waals surface area contributed by atoms with Crippen molar-refractivity contribution in [1.29, 1.82) is 0 Å². The van der Waals surface area contributed by atoms with E-state index in [2.05, 4.69) is 4.74 Å². The molecule has 0 spiro atoms. The first-order valence-electron chi connectivity index (χ1n) is 8.71. The van der Waals surface area contributed by atoms with Gasteiger partial charge >= 0.3 is 12.3 Å². The van der Waals surface area contributed by atoms with Crippen molar-refractivity contribution < 1.29 is 27.4 Å². The number of methoxy groups -OCH3 is 1. The highest BCUT2D eigenvalue weighted by Crippen LogP contribution is 2.43. The molecular weight excluding hydrogens is 439 g/mol. The Morgan fingerprint density at radius 2 is 2.00 bits per heavy atom. The van der Waals surface area contributed by atoms with Gasteiger partial charge in [-0.25, -0.2) is 4.79 Å². The van der Waals surface area contributed by atoms with Crippen molar-refractivity contribution in [2.24, 2.45) is 0 Å². The SMILES string of the molecule is COC(=O)Oc1cc(-c2cccc(C(F)(F)F)c2)c(=O)n2c1-c1sccc1SCC2. The molecule has 0 radical (unpaired) electrons. The molecule has 0 unspecified atom stereocenters. The van der Waals surface area contributed by atoms with Gasteiger partial charge in [-0.2, -0.15) is 13.2 Å². The molecule has 0 fully saturated rings. The van der Waals surface area contributed by atoms with Crippen molar-refractivity contribution in [3.05, 3.63) is 57.7 Å². The third kappa shape index (κ3) is 3.72. The van der Waals surface area contributed by atoms with Crippen LogP contribution < -0.4 is 10.3 Å². The third-order valence-electron chi connectivity index (χ3n) is 4.53. The molecule has 0 amide bonds. The molecule has 1 aliphatic heterocycles. The number of fused-ring (bicyclic) bond motifs is 3. The van der Waals surface area contributed by atoms with Crippen LogP contribution >= 0.6 is 23.1 Å². The fourth-order valence-electron chi connectivity index (χ4n) is 3.20. The van der Waals surface area contributed by atoms with Crippen LogP contribution in [0.5, 0.6) is 5.75 Å². The quantitative estimate of drug-likeness (QED) is 0.479. The lowest BCUT2D eigenvalue weighted by molar-refractivity contribution is -0.137. The molecule has 0 N–H and O–H groups in total. The Hall–Kier alpha value is -2.72. The number of carbonyl (C=O) groups excluding carboxylic acids is 1. The highest BCUT2D eigenvalue weighted by Gasteiger charge is 2.31. The lowest BCUT2D eigenvalue weighted by Crippen LogP contribution is -2.25. The summed E-state index contributed by atoms with van der Waals surface area (Å²) in [6, 6.07) is 7.72. The molecule has 0 aliphatic carbocycles. The van der Waals surface area contributed by atoms with Gasteiger partial charge in [-0.1, -0.05) is 12.1 Å². The molecule has 4 rings (SSSR count). The maximum Gasteiger partial charge on any atom is 0.513 e. The van der Waals surface area contributed by atoms with E-state index in [1.807, 2.05) is 11.4 Å². The number of hydrogen-bond donors (Lipinski definition) is 0. The Balaban J connectivity index is 1.97. The van der Waals surface area contributed by atoms with Crippen molar-refractivity contribution in [3.8, 4) is 27.4 Å². The molecule has 0 atom stereocenters. The van der Waals surface area contributed by atoms with Crippen LogP contribution in [-0.2, 0) is 17.5 Å². The summed E-state index contributed by atoms with van der Waals surface area (Å²) in [5.41, 5.74) is -0.817. The molecular formula is C20H14F3NO4S2. The van der Waals surface area contributed by atoms with Gasteiger partial charge in [0.25, 0.3) is 5.56 Å². The first-order valence-corrected chi connectivity index (χ1v) is 10.6. The maximum absolute atomic E-state index is 13.3. The van der Waals surface area contributed by atoms with E-state index in [-0.39, 0.29) is 16.9 Å². The lowest BCUT2D eigenvalue weighted by Gasteiger charge is -2.17. The topological polar surface area (TPSA) is 57.5 Å². The molecule has 1 aromatic carbocycles. The summed E-state index contributed by atoms with van der Waals surface area (Å²) in [6.45, 7) is 0.310. The van der Waals surface area contributed by atoms with E-state index in [0.29, 0.717) is 18.0 Å². The zero-order chi connectivity index (χ0) is 21.5. The monoisotopic (exact) mass is 453 g/mol.